The molecule has 186 valence electrons. The third kappa shape index (κ3) is 3.27. The summed E-state index contributed by atoms with van der Waals surface area (Å²) >= 11 is 0. The van der Waals surface area contributed by atoms with Gasteiger partial charge in [0.2, 0.25) is 0 Å². The van der Waals surface area contributed by atoms with Gasteiger partial charge in [-0.25, -0.2) is 18.7 Å². The Labute approximate surface area is 200 Å². The summed E-state index contributed by atoms with van der Waals surface area (Å²) < 4.78 is 76.7. The molecule has 2 N–H and O–H groups in total. The van der Waals surface area contributed by atoms with Gasteiger partial charge in [-0.05, 0) is 25.1 Å². The number of aromatic nitrogens is 3. The van der Waals surface area contributed by atoms with Gasteiger partial charge < -0.3 is 15.4 Å². The molecule has 0 saturated carbocycles. The number of likely N-dealkylation sites (tertiary alicyclic amines) is 1. The molecule has 2 aromatic carbocycles. The van der Waals surface area contributed by atoms with Gasteiger partial charge in [0.15, 0.2) is 0 Å². The Kier molecular flexibility index (Phi) is 4.70. The molecule has 0 aliphatic carbocycles. The van der Waals surface area contributed by atoms with Gasteiger partial charge in [0, 0.05) is 18.1 Å². The van der Waals surface area contributed by atoms with Crippen molar-refractivity contribution < 1.29 is 31.5 Å². The number of hydrogen-bond acceptors (Lipinski definition) is 5. The maximum atomic E-state index is 15.2. The van der Waals surface area contributed by atoms with Crippen LogP contribution >= 0.6 is 0 Å². The minimum Gasteiger partial charge on any atom is -0.487 e. The van der Waals surface area contributed by atoms with E-state index in [2.05, 4.69) is 9.97 Å². The topological polar surface area (TPSA) is 85.8 Å². The number of hydrogen-bond donors (Lipinski definition) is 1. The number of nitrogen functional groups attached to an aromatic ring is 1. The summed E-state index contributed by atoms with van der Waals surface area (Å²) in [5, 5.41) is 0. The summed E-state index contributed by atoms with van der Waals surface area (Å²) in [5.74, 6) is -1.10. The standard InChI is InChI=1S/C24H18F5N5O2/c1-10-31-8-18-22(30)32-16-7-15(26)14(6-17(16)34(10)18)23(35)33-9-12(25)5-20-21(33)13-3-2-11(24(27,28)29)4-19(13)36-20/h2-4,6-8,12,20-21H,5,9H2,1H3,(H2,30,32)/t12-,20-,21-/m0/s1. The van der Waals surface area contributed by atoms with E-state index >= 15 is 4.39 Å². The number of rotatable bonds is 1. The largest absolute Gasteiger partial charge is 0.487 e. The van der Waals surface area contributed by atoms with E-state index in [1.807, 2.05) is 0 Å². The highest BCUT2D eigenvalue weighted by Crippen LogP contribution is 2.47. The number of imidazole rings is 1. The molecule has 2 aliphatic rings. The number of benzene rings is 2. The molecule has 12 heteroatoms. The van der Waals surface area contributed by atoms with Crippen LogP contribution in [0, 0.1) is 12.7 Å². The highest BCUT2D eigenvalue weighted by Gasteiger charge is 2.47. The lowest BCUT2D eigenvalue weighted by molar-refractivity contribution is -0.137. The molecule has 0 spiro atoms. The van der Waals surface area contributed by atoms with Crippen molar-refractivity contribution in [3.63, 3.8) is 0 Å². The Morgan fingerprint density at radius 1 is 1.19 bits per heavy atom. The molecular weight excluding hydrogens is 485 g/mol. The van der Waals surface area contributed by atoms with E-state index in [9.17, 15) is 22.4 Å². The second kappa shape index (κ2) is 7.52. The van der Waals surface area contributed by atoms with Gasteiger partial charge in [-0.1, -0.05) is 6.07 Å². The number of amides is 1. The molecule has 36 heavy (non-hydrogen) atoms. The first-order chi connectivity index (χ1) is 17.0. The van der Waals surface area contributed by atoms with Crippen LogP contribution in [0.15, 0.2) is 36.5 Å². The number of aryl methyl sites for hydroxylation is 1. The third-order valence-electron chi connectivity index (χ3n) is 6.75. The number of ether oxygens (including phenoxy) is 1. The van der Waals surface area contributed by atoms with Gasteiger partial charge >= 0.3 is 6.18 Å². The fraction of sp³-hybridized carbons (Fsp3) is 0.292. The van der Waals surface area contributed by atoms with Crippen molar-refractivity contribution in [1.29, 1.82) is 0 Å². The van der Waals surface area contributed by atoms with E-state index in [1.54, 1.807) is 11.3 Å². The zero-order chi connectivity index (χ0) is 25.5. The van der Waals surface area contributed by atoms with Crippen LogP contribution in [-0.4, -0.2) is 44.0 Å². The fourth-order valence-electron chi connectivity index (χ4n) is 5.15. The van der Waals surface area contributed by atoms with Crippen LogP contribution in [0.25, 0.3) is 16.6 Å². The predicted octanol–water partition coefficient (Wildman–Crippen LogP) is 4.62. The average Bonchev–Trinajstić information content (AvgIpc) is 3.37. The second-order valence-corrected chi connectivity index (χ2v) is 8.99. The van der Waals surface area contributed by atoms with Gasteiger partial charge in [0.1, 0.15) is 41.0 Å². The van der Waals surface area contributed by atoms with Crippen molar-refractivity contribution in [3.8, 4) is 5.75 Å². The number of carbonyl (C=O) groups is 1. The molecule has 2 aromatic heterocycles. The molecular formula is C24H18F5N5O2. The van der Waals surface area contributed by atoms with Crippen molar-refractivity contribution in [1.82, 2.24) is 19.3 Å². The predicted molar refractivity (Wildman–Crippen MR) is 119 cm³/mol. The van der Waals surface area contributed by atoms with Crippen molar-refractivity contribution in [2.45, 2.75) is 37.8 Å². The highest BCUT2D eigenvalue weighted by atomic mass is 19.4. The number of nitrogens with zero attached hydrogens (tertiary/aromatic N) is 4. The maximum Gasteiger partial charge on any atom is 0.416 e. The summed E-state index contributed by atoms with van der Waals surface area (Å²) in [7, 11) is 0. The lowest BCUT2D eigenvalue weighted by atomic mass is 9.92. The Morgan fingerprint density at radius 2 is 1.97 bits per heavy atom. The smallest absolute Gasteiger partial charge is 0.416 e. The molecule has 1 fully saturated rings. The third-order valence-corrected chi connectivity index (χ3v) is 6.75. The monoisotopic (exact) mass is 503 g/mol. The summed E-state index contributed by atoms with van der Waals surface area (Å²) in [5.41, 5.74) is 6.08. The maximum absolute atomic E-state index is 15.2. The first-order valence-electron chi connectivity index (χ1n) is 11.1. The summed E-state index contributed by atoms with van der Waals surface area (Å²) in [4.78, 5) is 23.2. The number of anilines is 1. The van der Waals surface area contributed by atoms with Crippen molar-refractivity contribution >= 4 is 28.3 Å². The Balaban J connectivity index is 1.46. The second-order valence-electron chi connectivity index (χ2n) is 8.99. The van der Waals surface area contributed by atoms with Crippen molar-refractivity contribution in [2.75, 3.05) is 12.3 Å². The van der Waals surface area contributed by atoms with Crippen LogP contribution in [0.3, 0.4) is 0 Å². The van der Waals surface area contributed by atoms with Crippen LogP contribution in [0.1, 0.15) is 39.8 Å². The van der Waals surface area contributed by atoms with Gasteiger partial charge in [-0.2, -0.15) is 13.2 Å². The SMILES string of the molecule is Cc1ncc2c(N)nc3cc(F)c(C(=O)N4C[C@@H](F)C[C@@H]5Oc6cc(C(F)(F)F)ccc6[C@@H]54)cc3n12. The molecule has 2 aliphatic heterocycles. The molecule has 0 unspecified atom stereocenters. The summed E-state index contributed by atoms with van der Waals surface area (Å²) in [6.07, 6.45) is -5.59. The summed E-state index contributed by atoms with van der Waals surface area (Å²) in [6.45, 7) is 1.35. The Hall–Kier alpha value is -3.96. The van der Waals surface area contributed by atoms with Gasteiger partial charge in [-0.15, -0.1) is 0 Å². The van der Waals surface area contributed by atoms with Crippen LogP contribution < -0.4 is 10.5 Å². The zero-order valence-corrected chi connectivity index (χ0v) is 18.7. The quantitative estimate of drug-likeness (QED) is 0.384. The molecule has 7 nitrogen and oxygen atoms in total. The van der Waals surface area contributed by atoms with E-state index < -0.39 is 41.8 Å². The van der Waals surface area contributed by atoms with Crippen molar-refractivity contribution in [3.05, 3.63) is 64.9 Å². The molecule has 1 amide bonds. The lowest BCUT2D eigenvalue weighted by Gasteiger charge is -2.38. The zero-order valence-electron chi connectivity index (χ0n) is 18.7. The molecule has 0 radical (unpaired) electrons. The number of nitrogens with two attached hydrogens (primary N) is 1. The van der Waals surface area contributed by atoms with E-state index in [0.717, 1.165) is 23.1 Å². The van der Waals surface area contributed by atoms with E-state index in [-0.39, 0.29) is 35.6 Å². The molecule has 0 bridgehead atoms. The van der Waals surface area contributed by atoms with Gasteiger partial charge in [0.05, 0.1) is 40.9 Å². The molecule has 6 rings (SSSR count). The van der Waals surface area contributed by atoms with Crippen LogP contribution in [-0.2, 0) is 6.18 Å². The number of carbonyl (C=O) groups excluding carboxylic acids is 1. The minimum absolute atomic E-state index is 0.0684. The molecule has 4 aromatic rings. The minimum atomic E-state index is -4.59. The highest BCUT2D eigenvalue weighted by molar-refractivity contribution is 5.99. The number of piperidine rings is 1. The van der Waals surface area contributed by atoms with Crippen LogP contribution in [0.4, 0.5) is 27.8 Å². The number of alkyl halides is 4. The van der Waals surface area contributed by atoms with E-state index in [0.29, 0.717) is 22.4 Å². The molecule has 1 saturated heterocycles. The number of fused-ring (bicyclic) bond motifs is 6. The van der Waals surface area contributed by atoms with E-state index in [4.69, 9.17) is 10.5 Å². The lowest BCUT2D eigenvalue weighted by Crippen LogP contribution is -2.49. The van der Waals surface area contributed by atoms with Gasteiger partial charge in [-0.3, -0.25) is 9.20 Å². The first-order valence-corrected chi connectivity index (χ1v) is 11.1. The summed E-state index contributed by atoms with van der Waals surface area (Å²) in [6, 6.07) is 4.47. The van der Waals surface area contributed by atoms with Crippen LogP contribution in [0.2, 0.25) is 0 Å². The van der Waals surface area contributed by atoms with Crippen LogP contribution in [0.5, 0.6) is 5.75 Å². The molecule has 3 atom stereocenters. The van der Waals surface area contributed by atoms with E-state index in [1.165, 1.54) is 18.3 Å². The number of halogens is 5. The van der Waals surface area contributed by atoms with Gasteiger partial charge in [0.25, 0.3) is 5.91 Å². The first kappa shape index (κ1) is 22.5. The fourth-order valence-corrected chi connectivity index (χ4v) is 5.15. The van der Waals surface area contributed by atoms with Crippen molar-refractivity contribution in [2.24, 2.45) is 0 Å². The molecule has 4 heterocycles. The average molecular weight is 503 g/mol. The Morgan fingerprint density at radius 3 is 2.72 bits per heavy atom. The normalized spacial score (nSPS) is 21.5. The Bertz CT molecular complexity index is 1570.